The third-order valence-electron chi connectivity index (χ3n) is 4.29. The fourth-order valence-electron chi connectivity index (χ4n) is 3.13. The Bertz CT molecular complexity index is 600. The van der Waals surface area contributed by atoms with E-state index in [-0.39, 0.29) is 5.91 Å². The molecule has 1 amide bonds. The van der Waals surface area contributed by atoms with Crippen LogP contribution in [0.15, 0.2) is 49.1 Å². The van der Waals surface area contributed by atoms with E-state index in [1.807, 2.05) is 24.5 Å². The lowest BCUT2D eigenvalue weighted by atomic mass is 10.0. The highest BCUT2D eigenvalue weighted by molar-refractivity contribution is 5.79. The Morgan fingerprint density at radius 2 is 2.00 bits per heavy atom. The van der Waals surface area contributed by atoms with Gasteiger partial charge in [-0.1, -0.05) is 6.07 Å². The summed E-state index contributed by atoms with van der Waals surface area (Å²) < 4.78 is 0. The highest BCUT2D eigenvalue weighted by Gasteiger charge is 2.28. The molecule has 0 aromatic carbocycles. The number of carbonyl (C=O) groups is 1. The third kappa shape index (κ3) is 3.70. The fourth-order valence-corrected chi connectivity index (χ4v) is 3.13. The molecule has 0 bridgehead atoms. The van der Waals surface area contributed by atoms with Crippen LogP contribution in [-0.4, -0.2) is 33.4 Å². The molecular formula is C18H21N3O. The largest absolute Gasteiger partial charge is 0.339 e. The van der Waals surface area contributed by atoms with Gasteiger partial charge in [0.05, 0.1) is 6.42 Å². The van der Waals surface area contributed by atoms with E-state index in [2.05, 4.69) is 27.0 Å². The molecule has 22 heavy (non-hydrogen) atoms. The van der Waals surface area contributed by atoms with Crippen LogP contribution in [0.4, 0.5) is 0 Å². The van der Waals surface area contributed by atoms with Crippen molar-refractivity contribution in [3.05, 3.63) is 60.2 Å². The highest BCUT2D eigenvalue weighted by Crippen LogP contribution is 2.22. The standard InChI is InChI=1S/C18H21N3O/c22-18(13-16-3-1-9-20-14-16)21-12-2-4-17(21)6-5-15-7-10-19-11-8-15/h1,3,7-11,14,17H,2,4-6,12-13H2. The Balaban J connectivity index is 1.57. The Morgan fingerprint density at radius 3 is 2.77 bits per heavy atom. The van der Waals surface area contributed by atoms with Crippen molar-refractivity contribution in [1.82, 2.24) is 14.9 Å². The van der Waals surface area contributed by atoms with Crippen LogP contribution in [0, 0.1) is 0 Å². The Morgan fingerprint density at radius 1 is 1.14 bits per heavy atom. The number of hydrogen-bond donors (Lipinski definition) is 0. The van der Waals surface area contributed by atoms with Crippen LogP contribution < -0.4 is 0 Å². The number of aromatic nitrogens is 2. The van der Waals surface area contributed by atoms with Crippen LogP contribution in [0.25, 0.3) is 0 Å². The number of amides is 1. The van der Waals surface area contributed by atoms with Gasteiger partial charge in [-0.2, -0.15) is 0 Å². The highest BCUT2D eigenvalue weighted by atomic mass is 16.2. The number of nitrogens with zero attached hydrogens (tertiary/aromatic N) is 3. The monoisotopic (exact) mass is 295 g/mol. The molecule has 114 valence electrons. The van der Waals surface area contributed by atoms with Gasteiger partial charge in [-0.05, 0) is 55.0 Å². The minimum atomic E-state index is 0.227. The molecule has 1 saturated heterocycles. The summed E-state index contributed by atoms with van der Waals surface area (Å²) >= 11 is 0. The number of pyridine rings is 2. The molecule has 1 aliphatic rings. The molecule has 1 aliphatic heterocycles. The summed E-state index contributed by atoms with van der Waals surface area (Å²) in [4.78, 5) is 22.7. The topological polar surface area (TPSA) is 46.1 Å². The van der Waals surface area contributed by atoms with E-state index in [4.69, 9.17) is 0 Å². The molecular weight excluding hydrogens is 274 g/mol. The normalized spacial score (nSPS) is 17.6. The van der Waals surface area contributed by atoms with Gasteiger partial charge < -0.3 is 4.90 Å². The van der Waals surface area contributed by atoms with Gasteiger partial charge >= 0.3 is 0 Å². The summed E-state index contributed by atoms with van der Waals surface area (Å²) in [6, 6.07) is 8.32. The molecule has 0 spiro atoms. The average molecular weight is 295 g/mol. The zero-order valence-corrected chi connectivity index (χ0v) is 12.7. The molecule has 3 heterocycles. The summed E-state index contributed by atoms with van der Waals surface area (Å²) in [5.74, 6) is 0.227. The second-order valence-electron chi connectivity index (χ2n) is 5.82. The third-order valence-corrected chi connectivity index (χ3v) is 4.29. The number of aryl methyl sites for hydroxylation is 1. The molecule has 1 fully saturated rings. The Hall–Kier alpha value is -2.23. The molecule has 0 N–H and O–H groups in total. The SMILES string of the molecule is O=C(Cc1cccnc1)N1CCCC1CCc1ccncc1. The van der Waals surface area contributed by atoms with E-state index >= 15 is 0 Å². The van der Waals surface area contributed by atoms with Gasteiger partial charge in [0.2, 0.25) is 5.91 Å². The zero-order valence-electron chi connectivity index (χ0n) is 12.7. The van der Waals surface area contributed by atoms with Crippen molar-refractivity contribution in [1.29, 1.82) is 0 Å². The summed E-state index contributed by atoms with van der Waals surface area (Å²) in [5, 5.41) is 0. The van der Waals surface area contributed by atoms with E-state index in [1.54, 1.807) is 12.4 Å². The molecule has 1 atom stereocenters. The van der Waals surface area contributed by atoms with Crippen molar-refractivity contribution < 1.29 is 4.79 Å². The van der Waals surface area contributed by atoms with E-state index in [0.717, 1.165) is 37.8 Å². The summed E-state index contributed by atoms with van der Waals surface area (Å²) in [5.41, 5.74) is 2.29. The first-order valence-electron chi connectivity index (χ1n) is 7.90. The van der Waals surface area contributed by atoms with Crippen molar-refractivity contribution in [2.75, 3.05) is 6.54 Å². The number of carbonyl (C=O) groups excluding carboxylic acids is 1. The molecule has 0 radical (unpaired) electrons. The van der Waals surface area contributed by atoms with Gasteiger partial charge in [-0.25, -0.2) is 0 Å². The summed E-state index contributed by atoms with van der Waals surface area (Å²) in [6.45, 7) is 0.889. The maximum Gasteiger partial charge on any atom is 0.227 e. The zero-order chi connectivity index (χ0) is 15.2. The predicted octanol–water partition coefficient (Wildman–Crippen LogP) is 2.64. The van der Waals surface area contributed by atoms with E-state index in [1.165, 1.54) is 5.56 Å². The number of hydrogen-bond acceptors (Lipinski definition) is 3. The van der Waals surface area contributed by atoms with Crippen molar-refractivity contribution in [2.45, 2.75) is 38.1 Å². The molecule has 2 aromatic rings. The second kappa shape index (κ2) is 7.16. The molecule has 0 aliphatic carbocycles. The van der Waals surface area contributed by atoms with Crippen LogP contribution in [0.1, 0.15) is 30.4 Å². The van der Waals surface area contributed by atoms with Crippen LogP contribution in [0.2, 0.25) is 0 Å². The maximum absolute atomic E-state index is 12.5. The van der Waals surface area contributed by atoms with Crippen LogP contribution in [0.3, 0.4) is 0 Å². The molecule has 3 rings (SSSR count). The first-order valence-corrected chi connectivity index (χ1v) is 7.90. The number of rotatable bonds is 5. The lowest BCUT2D eigenvalue weighted by Gasteiger charge is -2.25. The first-order chi connectivity index (χ1) is 10.8. The quantitative estimate of drug-likeness (QED) is 0.852. The van der Waals surface area contributed by atoms with Crippen molar-refractivity contribution in [3.63, 3.8) is 0 Å². The molecule has 4 heteroatoms. The summed E-state index contributed by atoms with van der Waals surface area (Å²) in [6.07, 6.45) is 11.9. The average Bonchev–Trinajstić information content (AvgIpc) is 3.03. The van der Waals surface area contributed by atoms with Crippen molar-refractivity contribution >= 4 is 5.91 Å². The van der Waals surface area contributed by atoms with E-state index in [9.17, 15) is 4.79 Å². The van der Waals surface area contributed by atoms with Crippen molar-refractivity contribution in [3.8, 4) is 0 Å². The maximum atomic E-state index is 12.5. The van der Waals surface area contributed by atoms with Crippen LogP contribution in [0.5, 0.6) is 0 Å². The lowest BCUT2D eigenvalue weighted by molar-refractivity contribution is -0.131. The van der Waals surface area contributed by atoms with Crippen molar-refractivity contribution in [2.24, 2.45) is 0 Å². The molecule has 4 nitrogen and oxygen atoms in total. The number of likely N-dealkylation sites (tertiary alicyclic amines) is 1. The molecule has 1 unspecified atom stereocenters. The molecule has 0 saturated carbocycles. The fraction of sp³-hybridized carbons (Fsp3) is 0.389. The van der Waals surface area contributed by atoms with Gasteiger partial charge in [-0.15, -0.1) is 0 Å². The van der Waals surface area contributed by atoms with E-state index < -0.39 is 0 Å². The van der Waals surface area contributed by atoms with Gasteiger partial charge in [0.1, 0.15) is 0 Å². The Labute approximate surface area is 131 Å². The van der Waals surface area contributed by atoms with E-state index in [0.29, 0.717) is 12.5 Å². The lowest BCUT2D eigenvalue weighted by Crippen LogP contribution is -2.36. The minimum absolute atomic E-state index is 0.227. The van der Waals surface area contributed by atoms with Crippen LogP contribution in [-0.2, 0) is 17.6 Å². The predicted molar refractivity (Wildman–Crippen MR) is 85.2 cm³/mol. The smallest absolute Gasteiger partial charge is 0.227 e. The minimum Gasteiger partial charge on any atom is -0.339 e. The summed E-state index contributed by atoms with van der Waals surface area (Å²) in [7, 11) is 0. The first kappa shape index (κ1) is 14.7. The van der Waals surface area contributed by atoms with Gasteiger partial charge in [-0.3, -0.25) is 14.8 Å². The van der Waals surface area contributed by atoms with Gasteiger partial charge in [0.15, 0.2) is 0 Å². The second-order valence-corrected chi connectivity index (χ2v) is 5.82. The molecule has 2 aromatic heterocycles. The van der Waals surface area contributed by atoms with Crippen LogP contribution >= 0.6 is 0 Å². The van der Waals surface area contributed by atoms with Gasteiger partial charge in [0, 0.05) is 37.4 Å². The Kier molecular flexibility index (Phi) is 4.78. The van der Waals surface area contributed by atoms with Gasteiger partial charge in [0.25, 0.3) is 0 Å².